The van der Waals surface area contributed by atoms with Crippen molar-refractivity contribution in [1.82, 2.24) is 10.2 Å². The number of hydrogen-bond acceptors (Lipinski definition) is 3. The Morgan fingerprint density at radius 1 is 0.923 bits per heavy atom. The predicted molar refractivity (Wildman–Crippen MR) is 93.7 cm³/mol. The summed E-state index contributed by atoms with van der Waals surface area (Å²) in [5, 5.41) is 7.35. The number of ether oxygens (including phenoxy) is 1. The molecule has 0 saturated heterocycles. The second-order valence-electron chi connectivity index (χ2n) is 5.54. The molecule has 1 aromatic heterocycles. The van der Waals surface area contributed by atoms with Gasteiger partial charge in [-0.05, 0) is 17.5 Å². The van der Waals surface area contributed by atoms with Crippen molar-refractivity contribution in [3.05, 3.63) is 64.6 Å². The molecule has 3 rings (SSSR count). The SMILES string of the molecule is CCc1ccc(-c2c(OC)nnc(Cl)c2-c2c(F)cc(F)cc2F)cc1. The fraction of sp³-hybridized carbons (Fsp3) is 0.158. The molecule has 3 nitrogen and oxygen atoms in total. The molecular weight excluding hydrogens is 365 g/mol. The molecule has 0 spiro atoms. The molecule has 0 aliphatic carbocycles. The van der Waals surface area contributed by atoms with Gasteiger partial charge in [-0.25, -0.2) is 13.2 Å². The van der Waals surface area contributed by atoms with E-state index in [1.165, 1.54) is 7.11 Å². The van der Waals surface area contributed by atoms with Crippen LogP contribution in [0.3, 0.4) is 0 Å². The van der Waals surface area contributed by atoms with Gasteiger partial charge in [-0.3, -0.25) is 0 Å². The van der Waals surface area contributed by atoms with Gasteiger partial charge in [0.2, 0.25) is 5.88 Å². The van der Waals surface area contributed by atoms with Crippen molar-refractivity contribution in [2.45, 2.75) is 13.3 Å². The van der Waals surface area contributed by atoms with Crippen molar-refractivity contribution >= 4 is 11.6 Å². The molecule has 0 saturated carbocycles. The van der Waals surface area contributed by atoms with Crippen LogP contribution in [0.5, 0.6) is 5.88 Å². The summed E-state index contributed by atoms with van der Waals surface area (Å²) < 4.78 is 47.3. The van der Waals surface area contributed by atoms with Crippen LogP contribution in [0.4, 0.5) is 13.2 Å². The lowest BCUT2D eigenvalue weighted by molar-refractivity contribution is 0.394. The molecule has 0 fully saturated rings. The molecular formula is C19H14ClF3N2O. The third kappa shape index (κ3) is 3.24. The van der Waals surface area contributed by atoms with E-state index >= 15 is 0 Å². The Hall–Kier alpha value is -2.60. The zero-order valence-electron chi connectivity index (χ0n) is 14.0. The lowest BCUT2D eigenvalue weighted by Crippen LogP contribution is -2.02. The molecule has 134 valence electrons. The van der Waals surface area contributed by atoms with E-state index in [0.29, 0.717) is 17.7 Å². The zero-order valence-corrected chi connectivity index (χ0v) is 14.7. The summed E-state index contributed by atoms with van der Waals surface area (Å²) in [5.74, 6) is -3.16. The van der Waals surface area contributed by atoms with Crippen LogP contribution in [-0.4, -0.2) is 17.3 Å². The van der Waals surface area contributed by atoms with Crippen LogP contribution < -0.4 is 4.74 Å². The largest absolute Gasteiger partial charge is 0.479 e. The van der Waals surface area contributed by atoms with Gasteiger partial charge in [-0.2, -0.15) is 0 Å². The van der Waals surface area contributed by atoms with Crippen molar-refractivity contribution < 1.29 is 17.9 Å². The van der Waals surface area contributed by atoms with Crippen molar-refractivity contribution in [3.8, 4) is 28.1 Å². The number of rotatable bonds is 4. The van der Waals surface area contributed by atoms with Gasteiger partial charge in [0.25, 0.3) is 0 Å². The molecule has 1 heterocycles. The molecule has 3 aromatic rings. The number of nitrogens with zero attached hydrogens (tertiary/aromatic N) is 2. The standard InChI is InChI=1S/C19H14ClF3N2O/c1-3-10-4-6-11(7-5-10)15-17(18(20)24-25-19(15)26-2)16-13(22)8-12(21)9-14(16)23/h4-9H,3H2,1-2H3. The third-order valence-corrected chi connectivity index (χ3v) is 4.26. The second-order valence-corrected chi connectivity index (χ2v) is 5.90. The average Bonchev–Trinajstić information content (AvgIpc) is 2.62. The highest BCUT2D eigenvalue weighted by Crippen LogP contribution is 2.43. The normalized spacial score (nSPS) is 10.8. The highest BCUT2D eigenvalue weighted by molar-refractivity contribution is 6.33. The van der Waals surface area contributed by atoms with Crippen molar-refractivity contribution in [2.75, 3.05) is 7.11 Å². The summed E-state index contributed by atoms with van der Waals surface area (Å²) in [6, 6.07) is 8.49. The summed E-state index contributed by atoms with van der Waals surface area (Å²) >= 11 is 6.13. The van der Waals surface area contributed by atoms with Gasteiger partial charge in [-0.1, -0.05) is 42.8 Å². The second kappa shape index (κ2) is 7.33. The van der Waals surface area contributed by atoms with Crippen LogP contribution in [0.1, 0.15) is 12.5 Å². The molecule has 0 unspecified atom stereocenters. The van der Waals surface area contributed by atoms with Gasteiger partial charge >= 0.3 is 0 Å². The van der Waals surface area contributed by atoms with Crippen molar-refractivity contribution in [3.63, 3.8) is 0 Å². The number of halogens is 4. The maximum atomic E-state index is 14.4. The molecule has 0 atom stereocenters. The predicted octanol–water partition coefficient (Wildman–Crippen LogP) is 5.45. The molecule has 7 heteroatoms. The zero-order chi connectivity index (χ0) is 18.8. The van der Waals surface area contributed by atoms with Crippen molar-refractivity contribution in [2.24, 2.45) is 0 Å². The van der Waals surface area contributed by atoms with E-state index in [2.05, 4.69) is 10.2 Å². The van der Waals surface area contributed by atoms with Gasteiger partial charge in [0.05, 0.1) is 18.2 Å². The Balaban J connectivity index is 2.35. The first kappa shape index (κ1) is 18.2. The molecule has 0 N–H and O–H groups in total. The maximum Gasteiger partial charge on any atom is 0.241 e. The first-order chi connectivity index (χ1) is 12.5. The van der Waals surface area contributed by atoms with E-state index in [9.17, 15) is 13.2 Å². The van der Waals surface area contributed by atoms with Crippen LogP contribution >= 0.6 is 11.6 Å². The van der Waals surface area contributed by atoms with Crippen LogP contribution in [0, 0.1) is 17.5 Å². The van der Waals surface area contributed by atoms with E-state index in [1.54, 1.807) is 12.1 Å². The number of benzene rings is 2. The maximum absolute atomic E-state index is 14.4. The number of aromatic nitrogens is 2. The highest BCUT2D eigenvalue weighted by atomic mass is 35.5. The molecule has 2 aromatic carbocycles. The van der Waals surface area contributed by atoms with E-state index < -0.39 is 23.0 Å². The van der Waals surface area contributed by atoms with Crippen LogP contribution in [0.2, 0.25) is 5.15 Å². The van der Waals surface area contributed by atoms with Crippen molar-refractivity contribution in [1.29, 1.82) is 0 Å². The monoisotopic (exact) mass is 378 g/mol. The molecule has 0 aliphatic heterocycles. The average molecular weight is 379 g/mol. The van der Waals surface area contributed by atoms with Gasteiger partial charge in [0.15, 0.2) is 5.15 Å². The number of methoxy groups -OCH3 is 1. The van der Waals surface area contributed by atoms with E-state index in [-0.39, 0.29) is 22.2 Å². The van der Waals surface area contributed by atoms with E-state index in [1.807, 2.05) is 19.1 Å². The summed E-state index contributed by atoms with van der Waals surface area (Å²) in [5.41, 5.74) is 1.42. The first-order valence-corrected chi connectivity index (χ1v) is 8.18. The highest BCUT2D eigenvalue weighted by Gasteiger charge is 2.25. The Morgan fingerprint density at radius 3 is 2.08 bits per heavy atom. The molecule has 0 radical (unpaired) electrons. The fourth-order valence-electron chi connectivity index (χ4n) is 2.73. The Kier molecular flexibility index (Phi) is 5.13. The van der Waals surface area contributed by atoms with Gasteiger partial charge in [0.1, 0.15) is 17.5 Å². The van der Waals surface area contributed by atoms with Gasteiger partial charge < -0.3 is 4.74 Å². The van der Waals surface area contributed by atoms with E-state index in [4.69, 9.17) is 16.3 Å². The topological polar surface area (TPSA) is 35.0 Å². The quantitative estimate of drug-likeness (QED) is 0.605. The molecule has 0 aliphatic rings. The summed E-state index contributed by atoms with van der Waals surface area (Å²) in [6.07, 6.45) is 0.834. The molecule has 0 bridgehead atoms. The molecule has 0 amide bonds. The van der Waals surface area contributed by atoms with Crippen LogP contribution in [0.15, 0.2) is 36.4 Å². The summed E-state index contributed by atoms with van der Waals surface area (Å²) in [4.78, 5) is 0. The molecule has 26 heavy (non-hydrogen) atoms. The number of hydrogen-bond donors (Lipinski definition) is 0. The Morgan fingerprint density at radius 2 is 1.54 bits per heavy atom. The van der Waals surface area contributed by atoms with Crippen LogP contribution in [0.25, 0.3) is 22.3 Å². The fourth-order valence-corrected chi connectivity index (χ4v) is 2.95. The Labute approximate surface area is 153 Å². The minimum atomic E-state index is -1.09. The lowest BCUT2D eigenvalue weighted by atomic mass is 9.95. The lowest BCUT2D eigenvalue weighted by Gasteiger charge is -2.15. The first-order valence-electron chi connectivity index (χ1n) is 7.80. The summed E-state index contributed by atoms with van der Waals surface area (Å²) in [6.45, 7) is 2.01. The van der Waals surface area contributed by atoms with Gasteiger partial charge in [-0.15, -0.1) is 10.2 Å². The summed E-state index contributed by atoms with van der Waals surface area (Å²) in [7, 11) is 1.36. The smallest absolute Gasteiger partial charge is 0.241 e. The number of aryl methyl sites for hydroxylation is 1. The Bertz CT molecular complexity index is 939. The van der Waals surface area contributed by atoms with Gasteiger partial charge in [0, 0.05) is 17.7 Å². The van der Waals surface area contributed by atoms with Crippen LogP contribution in [-0.2, 0) is 6.42 Å². The minimum Gasteiger partial charge on any atom is -0.479 e. The third-order valence-electron chi connectivity index (χ3n) is 4.00. The van der Waals surface area contributed by atoms with E-state index in [0.717, 1.165) is 12.0 Å². The minimum absolute atomic E-state index is 0.0437.